The Hall–Kier alpha value is -2.01. The summed E-state index contributed by atoms with van der Waals surface area (Å²) < 4.78 is 12.1. The summed E-state index contributed by atoms with van der Waals surface area (Å²) in [6.07, 6.45) is 0.0258. The highest BCUT2D eigenvalue weighted by atomic mass is 79.9. The summed E-state index contributed by atoms with van der Waals surface area (Å²) in [5, 5.41) is 2.89. The van der Waals surface area contributed by atoms with Crippen molar-refractivity contribution in [3.63, 3.8) is 0 Å². The van der Waals surface area contributed by atoms with Gasteiger partial charge in [-0.25, -0.2) is 0 Å². The molecule has 0 unspecified atom stereocenters. The standard InChI is InChI=1S/C18H20BrNO3/c1-4-22-16-10-9-13(19)11-14(16)18(21)20-15-7-5-6-8-17(15)23-12(2)3/h5-12H,4H2,1-3H3,(H,20,21). The van der Waals surface area contributed by atoms with Crippen molar-refractivity contribution in [1.29, 1.82) is 0 Å². The van der Waals surface area contributed by atoms with Crippen molar-refractivity contribution in [1.82, 2.24) is 0 Å². The van der Waals surface area contributed by atoms with Crippen LogP contribution >= 0.6 is 15.9 Å². The Bertz CT molecular complexity index is 686. The number of halogens is 1. The first-order valence-corrected chi connectivity index (χ1v) is 8.30. The minimum absolute atomic E-state index is 0.0258. The van der Waals surface area contributed by atoms with Gasteiger partial charge in [-0.3, -0.25) is 4.79 Å². The lowest BCUT2D eigenvalue weighted by Crippen LogP contribution is -2.15. The van der Waals surface area contributed by atoms with E-state index in [1.165, 1.54) is 0 Å². The zero-order valence-electron chi connectivity index (χ0n) is 13.4. The summed E-state index contributed by atoms with van der Waals surface area (Å²) in [4.78, 5) is 12.6. The van der Waals surface area contributed by atoms with Crippen LogP contribution in [0.25, 0.3) is 0 Å². The first-order valence-electron chi connectivity index (χ1n) is 7.50. The van der Waals surface area contributed by atoms with Crippen LogP contribution in [0, 0.1) is 0 Å². The van der Waals surface area contributed by atoms with Gasteiger partial charge in [0.15, 0.2) is 0 Å². The minimum atomic E-state index is -0.241. The highest BCUT2D eigenvalue weighted by Gasteiger charge is 2.15. The molecule has 0 atom stereocenters. The molecule has 0 aliphatic carbocycles. The van der Waals surface area contributed by atoms with Crippen LogP contribution in [0.2, 0.25) is 0 Å². The molecule has 0 bridgehead atoms. The van der Waals surface area contributed by atoms with Crippen LogP contribution in [0.4, 0.5) is 5.69 Å². The number of anilines is 1. The fourth-order valence-electron chi connectivity index (χ4n) is 2.08. The number of hydrogen-bond donors (Lipinski definition) is 1. The summed E-state index contributed by atoms with van der Waals surface area (Å²) >= 11 is 3.39. The van der Waals surface area contributed by atoms with Crippen LogP contribution < -0.4 is 14.8 Å². The maximum absolute atomic E-state index is 12.6. The molecule has 23 heavy (non-hydrogen) atoms. The van der Waals surface area contributed by atoms with Gasteiger partial charge in [-0.2, -0.15) is 0 Å². The van der Waals surface area contributed by atoms with Crippen molar-refractivity contribution in [2.24, 2.45) is 0 Å². The van der Waals surface area contributed by atoms with Gasteiger partial charge < -0.3 is 14.8 Å². The maximum Gasteiger partial charge on any atom is 0.259 e. The van der Waals surface area contributed by atoms with E-state index in [1.807, 2.05) is 51.1 Å². The quantitative estimate of drug-likeness (QED) is 0.779. The molecule has 0 aliphatic rings. The number of para-hydroxylation sites is 2. The van der Waals surface area contributed by atoms with E-state index in [2.05, 4.69) is 21.2 Å². The fourth-order valence-corrected chi connectivity index (χ4v) is 2.44. The number of benzene rings is 2. The monoisotopic (exact) mass is 377 g/mol. The maximum atomic E-state index is 12.6. The summed E-state index contributed by atoms with van der Waals surface area (Å²) in [5.41, 5.74) is 1.11. The summed E-state index contributed by atoms with van der Waals surface area (Å²) in [6, 6.07) is 12.7. The molecule has 2 rings (SSSR count). The molecule has 0 aromatic heterocycles. The van der Waals surface area contributed by atoms with Gasteiger partial charge in [-0.15, -0.1) is 0 Å². The molecule has 0 saturated heterocycles. The third-order valence-corrected chi connectivity index (χ3v) is 3.48. The molecule has 0 spiro atoms. The summed E-state index contributed by atoms with van der Waals surface area (Å²) in [5.74, 6) is 0.953. The molecule has 1 N–H and O–H groups in total. The third-order valence-electron chi connectivity index (χ3n) is 2.98. The third kappa shape index (κ3) is 4.73. The van der Waals surface area contributed by atoms with Gasteiger partial charge in [0.1, 0.15) is 11.5 Å². The van der Waals surface area contributed by atoms with Gasteiger partial charge in [0.2, 0.25) is 0 Å². The lowest BCUT2D eigenvalue weighted by atomic mass is 10.1. The molecule has 0 saturated carbocycles. The summed E-state index contributed by atoms with van der Waals surface area (Å²) in [6.45, 7) is 6.27. The molecule has 2 aromatic carbocycles. The fraction of sp³-hybridized carbons (Fsp3) is 0.278. The first kappa shape index (κ1) is 17.3. The summed E-state index contributed by atoms with van der Waals surface area (Å²) in [7, 11) is 0. The van der Waals surface area contributed by atoms with Crippen LogP contribution in [0.5, 0.6) is 11.5 Å². The Morgan fingerprint density at radius 1 is 1.17 bits per heavy atom. The molecule has 0 aliphatic heterocycles. The number of rotatable bonds is 6. The SMILES string of the molecule is CCOc1ccc(Br)cc1C(=O)Nc1ccccc1OC(C)C. The van der Waals surface area contributed by atoms with Gasteiger partial charge in [0.25, 0.3) is 5.91 Å². The highest BCUT2D eigenvalue weighted by Crippen LogP contribution is 2.28. The Kier molecular flexibility index (Phi) is 6.04. The van der Waals surface area contributed by atoms with E-state index in [1.54, 1.807) is 12.1 Å². The molecule has 0 fully saturated rings. The number of amides is 1. The van der Waals surface area contributed by atoms with Gasteiger partial charge in [-0.05, 0) is 51.1 Å². The lowest BCUT2D eigenvalue weighted by molar-refractivity contribution is 0.102. The minimum Gasteiger partial charge on any atom is -0.493 e. The molecule has 1 amide bonds. The van der Waals surface area contributed by atoms with Crippen molar-refractivity contribution >= 4 is 27.5 Å². The van der Waals surface area contributed by atoms with Crippen molar-refractivity contribution < 1.29 is 14.3 Å². The second-order valence-electron chi connectivity index (χ2n) is 5.19. The number of carbonyl (C=O) groups is 1. The second kappa shape index (κ2) is 8.02. The van der Waals surface area contributed by atoms with Gasteiger partial charge in [0, 0.05) is 4.47 Å². The predicted molar refractivity (Wildman–Crippen MR) is 95.5 cm³/mol. The molecule has 5 heteroatoms. The predicted octanol–water partition coefficient (Wildman–Crippen LogP) is 4.89. The average Bonchev–Trinajstić information content (AvgIpc) is 2.50. The van der Waals surface area contributed by atoms with Gasteiger partial charge >= 0.3 is 0 Å². The number of carbonyl (C=O) groups excluding carboxylic acids is 1. The van der Waals surface area contributed by atoms with Crippen LogP contribution in [-0.2, 0) is 0 Å². The Labute approximate surface area is 144 Å². The Morgan fingerprint density at radius 3 is 2.61 bits per heavy atom. The van der Waals surface area contributed by atoms with Crippen molar-refractivity contribution in [2.45, 2.75) is 26.9 Å². The number of nitrogens with one attached hydrogen (secondary N) is 1. The molecule has 4 nitrogen and oxygen atoms in total. The largest absolute Gasteiger partial charge is 0.493 e. The average molecular weight is 378 g/mol. The van der Waals surface area contributed by atoms with E-state index in [0.717, 1.165) is 4.47 Å². The molecular formula is C18H20BrNO3. The topological polar surface area (TPSA) is 47.6 Å². The highest BCUT2D eigenvalue weighted by molar-refractivity contribution is 9.10. The van der Waals surface area contributed by atoms with E-state index < -0.39 is 0 Å². The van der Waals surface area contributed by atoms with Crippen molar-refractivity contribution in [2.75, 3.05) is 11.9 Å². The molecule has 0 heterocycles. The van der Waals surface area contributed by atoms with Crippen LogP contribution in [0.3, 0.4) is 0 Å². The van der Waals surface area contributed by atoms with Crippen LogP contribution in [0.1, 0.15) is 31.1 Å². The van der Waals surface area contributed by atoms with Crippen molar-refractivity contribution in [3.8, 4) is 11.5 Å². The van der Waals surface area contributed by atoms with Crippen LogP contribution in [0.15, 0.2) is 46.9 Å². The van der Waals surface area contributed by atoms with Crippen LogP contribution in [-0.4, -0.2) is 18.6 Å². The smallest absolute Gasteiger partial charge is 0.259 e. The zero-order chi connectivity index (χ0) is 16.8. The molecular weight excluding hydrogens is 358 g/mol. The first-order chi connectivity index (χ1) is 11.0. The van der Waals surface area contributed by atoms with E-state index in [4.69, 9.17) is 9.47 Å². The molecule has 2 aromatic rings. The zero-order valence-corrected chi connectivity index (χ0v) is 15.0. The number of ether oxygens (including phenoxy) is 2. The Morgan fingerprint density at radius 2 is 1.91 bits per heavy atom. The van der Waals surface area contributed by atoms with Crippen molar-refractivity contribution in [3.05, 3.63) is 52.5 Å². The van der Waals surface area contributed by atoms with Gasteiger partial charge in [0.05, 0.1) is 24.0 Å². The van der Waals surface area contributed by atoms with E-state index in [9.17, 15) is 4.79 Å². The molecule has 0 radical (unpaired) electrons. The van der Waals surface area contributed by atoms with Gasteiger partial charge in [-0.1, -0.05) is 28.1 Å². The second-order valence-corrected chi connectivity index (χ2v) is 6.11. The lowest BCUT2D eigenvalue weighted by Gasteiger charge is -2.16. The van der Waals surface area contributed by atoms with E-state index in [-0.39, 0.29) is 12.0 Å². The normalized spacial score (nSPS) is 10.5. The Balaban J connectivity index is 2.28. The van der Waals surface area contributed by atoms with E-state index >= 15 is 0 Å². The number of hydrogen-bond acceptors (Lipinski definition) is 3. The molecule has 122 valence electrons. The van der Waals surface area contributed by atoms with E-state index in [0.29, 0.717) is 29.4 Å².